The van der Waals surface area contributed by atoms with Gasteiger partial charge in [0.15, 0.2) is 0 Å². The molecule has 0 fully saturated rings. The molecular weight excluding hydrogens is 318 g/mol. The molecule has 6 nitrogen and oxygen atoms in total. The van der Waals surface area contributed by atoms with Crippen LogP contribution in [0.2, 0.25) is 0 Å². The number of benzene rings is 2. The number of hydrogen-bond acceptors (Lipinski definition) is 5. The summed E-state index contributed by atoms with van der Waals surface area (Å²) in [6.45, 7) is 2.35. The molecular formula is C19H21N3O3. The van der Waals surface area contributed by atoms with Gasteiger partial charge in [-0.2, -0.15) is 0 Å². The van der Waals surface area contributed by atoms with Crippen molar-refractivity contribution in [1.29, 1.82) is 0 Å². The van der Waals surface area contributed by atoms with Crippen LogP contribution in [0.4, 0.5) is 5.95 Å². The molecule has 3 rings (SSSR count). The Morgan fingerprint density at radius 1 is 1.16 bits per heavy atom. The Labute approximate surface area is 145 Å². The molecule has 3 N–H and O–H groups in total. The second kappa shape index (κ2) is 7.92. The van der Waals surface area contributed by atoms with E-state index in [4.69, 9.17) is 4.74 Å². The highest BCUT2D eigenvalue weighted by Gasteiger charge is 2.10. The highest BCUT2D eigenvalue weighted by Crippen LogP contribution is 2.16. The van der Waals surface area contributed by atoms with Crippen molar-refractivity contribution in [2.24, 2.45) is 0 Å². The monoisotopic (exact) mass is 339 g/mol. The van der Waals surface area contributed by atoms with Gasteiger partial charge in [-0.1, -0.05) is 42.5 Å². The number of aliphatic hydroxyl groups excluding tert-OH is 1. The van der Waals surface area contributed by atoms with Crippen molar-refractivity contribution in [3.8, 4) is 0 Å². The summed E-state index contributed by atoms with van der Waals surface area (Å²) < 4.78 is 5.69. The van der Waals surface area contributed by atoms with E-state index < -0.39 is 6.10 Å². The minimum absolute atomic E-state index is 0.102. The van der Waals surface area contributed by atoms with Crippen molar-refractivity contribution in [2.75, 3.05) is 18.5 Å². The molecule has 0 amide bonds. The lowest BCUT2D eigenvalue weighted by Crippen LogP contribution is -2.27. The Morgan fingerprint density at radius 3 is 2.68 bits per heavy atom. The number of aliphatic hydroxyl groups is 1. The largest absolute Gasteiger partial charge is 0.389 e. The molecule has 3 aromatic rings. The maximum absolute atomic E-state index is 12.0. The van der Waals surface area contributed by atoms with Crippen LogP contribution >= 0.6 is 0 Å². The fourth-order valence-corrected chi connectivity index (χ4v) is 2.52. The molecule has 2 aromatic carbocycles. The molecule has 0 unspecified atom stereocenters. The quantitative estimate of drug-likeness (QED) is 0.615. The molecule has 0 radical (unpaired) electrons. The standard InChI is InChI=1S/C19H21N3O3/c1-13(14-7-3-2-4-8-14)25-12-15(23)11-20-19-21-17-10-6-5-9-16(17)18(24)22-19/h2-10,13,15,23H,11-12H2,1H3,(H2,20,21,22,24)/t13-,15+/m1/s1. The summed E-state index contributed by atoms with van der Waals surface area (Å²) in [6.07, 6.45) is -0.822. The van der Waals surface area contributed by atoms with E-state index in [0.717, 1.165) is 5.56 Å². The van der Waals surface area contributed by atoms with Gasteiger partial charge in [-0.05, 0) is 24.6 Å². The van der Waals surface area contributed by atoms with Crippen LogP contribution in [0.25, 0.3) is 10.9 Å². The number of aromatic nitrogens is 2. The molecule has 0 spiro atoms. The molecule has 25 heavy (non-hydrogen) atoms. The second-order valence-electron chi connectivity index (χ2n) is 5.85. The first-order valence-corrected chi connectivity index (χ1v) is 8.21. The molecule has 130 valence electrons. The van der Waals surface area contributed by atoms with Gasteiger partial charge >= 0.3 is 0 Å². The van der Waals surface area contributed by atoms with Crippen LogP contribution in [0.5, 0.6) is 0 Å². The number of hydrogen-bond donors (Lipinski definition) is 3. The van der Waals surface area contributed by atoms with Gasteiger partial charge in [0.1, 0.15) is 0 Å². The van der Waals surface area contributed by atoms with Crippen molar-refractivity contribution in [3.05, 3.63) is 70.5 Å². The van der Waals surface area contributed by atoms with Crippen LogP contribution in [0.1, 0.15) is 18.6 Å². The zero-order valence-corrected chi connectivity index (χ0v) is 14.0. The van der Waals surface area contributed by atoms with Crippen LogP contribution in [0.15, 0.2) is 59.4 Å². The van der Waals surface area contributed by atoms with Crippen LogP contribution < -0.4 is 10.9 Å². The SMILES string of the molecule is C[C@@H](OC[C@@H](O)CNc1nc2ccccc2c(=O)[nH]1)c1ccccc1. The van der Waals surface area contributed by atoms with E-state index in [-0.39, 0.29) is 24.8 Å². The third kappa shape index (κ3) is 4.43. The van der Waals surface area contributed by atoms with Gasteiger partial charge < -0.3 is 15.2 Å². The average Bonchev–Trinajstić information content (AvgIpc) is 2.65. The number of fused-ring (bicyclic) bond motifs is 1. The van der Waals surface area contributed by atoms with Crippen molar-refractivity contribution in [3.63, 3.8) is 0 Å². The summed E-state index contributed by atoms with van der Waals surface area (Å²) in [4.78, 5) is 19.0. The van der Waals surface area contributed by atoms with E-state index in [1.165, 1.54) is 0 Å². The fourth-order valence-electron chi connectivity index (χ4n) is 2.52. The summed E-state index contributed by atoms with van der Waals surface area (Å²) in [5.41, 5.74) is 1.46. The second-order valence-corrected chi connectivity index (χ2v) is 5.85. The minimum atomic E-state index is -0.720. The first-order valence-electron chi connectivity index (χ1n) is 8.21. The lowest BCUT2D eigenvalue weighted by molar-refractivity contribution is 0.00238. The molecule has 0 saturated carbocycles. The number of aromatic amines is 1. The van der Waals surface area contributed by atoms with Gasteiger partial charge in [-0.25, -0.2) is 4.98 Å². The van der Waals surface area contributed by atoms with Crippen molar-refractivity contribution in [1.82, 2.24) is 9.97 Å². The van der Waals surface area contributed by atoms with Crippen LogP contribution in [0, 0.1) is 0 Å². The highest BCUT2D eigenvalue weighted by molar-refractivity contribution is 5.78. The van der Waals surface area contributed by atoms with Gasteiger partial charge in [-0.15, -0.1) is 0 Å². The molecule has 0 aliphatic carbocycles. The highest BCUT2D eigenvalue weighted by atomic mass is 16.5. The van der Waals surface area contributed by atoms with Gasteiger partial charge in [0.25, 0.3) is 5.56 Å². The normalized spacial score (nSPS) is 13.5. The topological polar surface area (TPSA) is 87.2 Å². The van der Waals surface area contributed by atoms with Crippen molar-refractivity contribution in [2.45, 2.75) is 19.1 Å². The Balaban J connectivity index is 1.54. The molecule has 0 aliphatic rings. The van der Waals surface area contributed by atoms with Crippen molar-refractivity contribution >= 4 is 16.9 Å². The number of anilines is 1. The number of para-hydroxylation sites is 1. The Hall–Kier alpha value is -2.70. The number of ether oxygens (including phenoxy) is 1. The Kier molecular flexibility index (Phi) is 5.42. The van der Waals surface area contributed by atoms with E-state index in [0.29, 0.717) is 16.9 Å². The van der Waals surface area contributed by atoms with Crippen molar-refractivity contribution < 1.29 is 9.84 Å². The molecule has 1 aromatic heterocycles. The number of nitrogens with zero attached hydrogens (tertiary/aromatic N) is 1. The van der Waals surface area contributed by atoms with Gasteiger partial charge in [-0.3, -0.25) is 9.78 Å². The maximum atomic E-state index is 12.0. The Bertz CT molecular complexity index is 880. The van der Waals surface area contributed by atoms with Gasteiger partial charge in [0.05, 0.1) is 29.7 Å². The summed E-state index contributed by atoms with van der Waals surface area (Å²) >= 11 is 0. The molecule has 0 bridgehead atoms. The lowest BCUT2D eigenvalue weighted by Gasteiger charge is -2.17. The number of H-pyrrole nitrogens is 1. The molecule has 0 aliphatic heterocycles. The third-order valence-corrected chi connectivity index (χ3v) is 3.93. The summed E-state index contributed by atoms with van der Waals surface area (Å²) in [5.74, 6) is 0.332. The lowest BCUT2D eigenvalue weighted by atomic mass is 10.1. The van der Waals surface area contributed by atoms with E-state index in [2.05, 4.69) is 15.3 Å². The van der Waals surface area contributed by atoms with Gasteiger partial charge in [0.2, 0.25) is 5.95 Å². The van der Waals surface area contributed by atoms with Crippen LogP contribution in [-0.4, -0.2) is 34.3 Å². The predicted molar refractivity (Wildman–Crippen MR) is 97.7 cm³/mol. The summed E-state index contributed by atoms with van der Waals surface area (Å²) in [7, 11) is 0. The summed E-state index contributed by atoms with van der Waals surface area (Å²) in [5, 5.41) is 13.6. The van der Waals surface area contributed by atoms with E-state index in [1.54, 1.807) is 18.2 Å². The zero-order valence-electron chi connectivity index (χ0n) is 14.0. The molecule has 2 atom stereocenters. The number of nitrogens with one attached hydrogen (secondary N) is 2. The van der Waals surface area contributed by atoms with E-state index in [9.17, 15) is 9.90 Å². The fraction of sp³-hybridized carbons (Fsp3) is 0.263. The van der Waals surface area contributed by atoms with Crippen LogP contribution in [-0.2, 0) is 4.74 Å². The average molecular weight is 339 g/mol. The van der Waals surface area contributed by atoms with E-state index >= 15 is 0 Å². The third-order valence-electron chi connectivity index (χ3n) is 3.93. The summed E-state index contributed by atoms with van der Waals surface area (Å²) in [6, 6.07) is 16.9. The molecule has 1 heterocycles. The molecule has 6 heteroatoms. The zero-order chi connectivity index (χ0) is 17.6. The van der Waals surface area contributed by atoms with E-state index in [1.807, 2.05) is 43.3 Å². The first kappa shape index (κ1) is 17.1. The number of rotatable bonds is 7. The predicted octanol–water partition coefficient (Wildman–Crippen LogP) is 2.47. The Morgan fingerprint density at radius 2 is 1.88 bits per heavy atom. The van der Waals surface area contributed by atoms with Crippen LogP contribution in [0.3, 0.4) is 0 Å². The first-order chi connectivity index (χ1) is 12.1. The van der Waals surface area contributed by atoms with Gasteiger partial charge in [0, 0.05) is 6.54 Å². The minimum Gasteiger partial charge on any atom is -0.389 e. The maximum Gasteiger partial charge on any atom is 0.260 e. The molecule has 0 saturated heterocycles. The smallest absolute Gasteiger partial charge is 0.260 e.